The first-order valence-corrected chi connectivity index (χ1v) is 7.92. The van der Waals surface area contributed by atoms with Crippen LogP contribution in [0.1, 0.15) is 19.4 Å². The van der Waals surface area contributed by atoms with Gasteiger partial charge in [-0.2, -0.15) is 0 Å². The fraction of sp³-hybridized carbons (Fsp3) is 0.250. The molecule has 1 N–H and O–H groups in total. The Morgan fingerprint density at radius 1 is 1.29 bits per heavy atom. The molecule has 1 amide bonds. The van der Waals surface area contributed by atoms with Crippen LogP contribution in [-0.2, 0) is 10.2 Å². The summed E-state index contributed by atoms with van der Waals surface area (Å²) in [6, 6.07) is 8.39. The summed E-state index contributed by atoms with van der Waals surface area (Å²) in [6.07, 6.45) is 3.88. The standard InChI is InChI=1S/C16H16N2OS2/c1-16(2)10-6-4-5-7-11(10)18(3)13(16)9-8-12-14(19)17-15(20)21-12/h4-9H,1-3H3,(H,17,19,20)/b12-8+,13-9-. The molecule has 1 fully saturated rings. The number of thiocarbonyl (C=S) groups is 1. The van der Waals surface area contributed by atoms with E-state index in [0.29, 0.717) is 9.23 Å². The van der Waals surface area contributed by atoms with Gasteiger partial charge in [0.25, 0.3) is 5.91 Å². The fourth-order valence-electron chi connectivity index (χ4n) is 2.89. The highest BCUT2D eigenvalue weighted by atomic mass is 32.2. The van der Waals surface area contributed by atoms with Gasteiger partial charge in [-0.05, 0) is 23.8 Å². The van der Waals surface area contributed by atoms with Gasteiger partial charge >= 0.3 is 0 Å². The van der Waals surface area contributed by atoms with E-state index in [9.17, 15) is 4.79 Å². The van der Waals surface area contributed by atoms with E-state index in [1.54, 1.807) is 0 Å². The summed E-state index contributed by atoms with van der Waals surface area (Å²) in [5, 5.41) is 2.64. The Balaban J connectivity index is 2.01. The highest BCUT2D eigenvalue weighted by Gasteiger charge is 2.37. The molecule has 1 aromatic rings. The van der Waals surface area contributed by atoms with Crippen molar-refractivity contribution in [1.82, 2.24) is 5.32 Å². The zero-order chi connectivity index (χ0) is 15.2. The third kappa shape index (κ3) is 2.30. The lowest BCUT2D eigenvalue weighted by Gasteiger charge is -2.23. The number of carbonyl (C=O) groups is 1. The predicted octanol–water partition coefficient (Wildman–Crippen LogP) is 3.33. The quantitative estimate of drug-likeness (QED) is 0.636. The second-order valence-corrected chi connectivity index (χ2v) is 7.35. The van der Waals surface area contributed by atoms with Gasteiger partial charge in [-0.3, -0.25) is 4.79 Å². The minimum Gasteiger partial charge on any atom is -0.347 e. The maximum Gasteiger partial charge on any atom is 0.263 e. The monoisotopic (exact) mass is 316 g/mol. The third-order valence-electron chi connectivity index (χ3n) is 3.98. The molecule has 108 valence electrons. The number of para-hydroxylation sites is 1. The Hall–Kier alpha value is -1.59. The number of likely N-dealkylation sites (N-methyl/N-ethyl adjacent to an activating group) is 1. The first-order chi connectivity index (χ1) is 9.91. The largest absolute Gasteiger partial charge is 0.347 e. The Morgan fingerprint density at radius 2 is 2.00 bits per heavy atom. The third-order valence-corrected chi connectivity index (χ3v) is 5.16. The first-order valence-electron chi connectivity index (χ1n) is 6.70. The number of nitrogens with one attached hydrogen (secondary N) is 1. The second kappa shape index (κ2) is 5.00. The van der Waals surface area contributed by atoms with Crippen LogP contribution in [0.2, 0.25) is 0 Å². The number of amides is 1. The molecule has 1 saturated heterocycles. The maximum absolute atomic E-state index is 11.7. The molecule has 0 saturated carbocycles. The Labute approximate surface area is 134 Å². The van der Waals surface area contributed by atoms with E-state index < -0.39 is 0 Å². The summed E-state index contributed by atoms with van der Waals surface area (Å²) in [5.41, 5.74) is 3.60. The molecule has 0 atom stereocenters. The molecule has 1 aromatic carbocycles. The molecule has 3 rings (SSSR count). The highest BCUT2D eigenvalue weighted by Crippen LogP contribution is 2.46. The second-order valence-electron chi connectivity index (χ2n) is 5.63. The molecule has 0 aromatic heterocycles. The molecule has 2 aliphatic heterocycles. The van der Waals surface area contributed by atoms with Crippen molar-refractivity contribution in [2.75, 3.05) is 11.9 Å². The van der Waals surface area contributed by atoms with E-state index >= 15 is 0 Å². The molecule has 2 heterocycles. The van der Waals surface area contributed by atoms with Crippen LogP contribution in [0.3, 0.4) is 0 Å². The number of hydrogen-bond donors (Lipinski definition) is 1. The van der Waals surface area contributed by atoms with Gasteiger partial charge in [-0.25, -0.2) is 0 Å². The van der Waals surface area contributed by atoms with Crippen LogP contribution in [0, 0.1) is 0 Å². The van der Waals surface area contributed by atoms with Gasteiger partial charge in [-0.15, -0.1) is 0 Å². The molecule has 0 unspecified atom stereocenters. The Kier molecular flexibility index (Phi) is 3.42. The zero-order valence-electron chi connectivity index (χ0n) is 12.1. The lowest BCUT2D eigenvalue weighted by molar-refractivity contribution is -0.115. The van der Waals surface area contributed by atoms with E-state index in [1.807, 2.05) is 18.2 Å². The van der Waals surface area contributed by atoms with Crippen LogP contribution >= 0.6 is 24.0 Å². The molecule has 5 heteroatoms. The number of rotatable bonds is 1. The molecule has 21 heavy (non-hydrogen) atoms. The topological polar surface area (TPSA) is 32.3 Å². The van der Waals surface area contributed by atoms with Crippen molar-refractivity contribution >= 4 is 39.9 Å². The van der Waals surface area contributed by atoms with E-state index in [4.69, 9.17) is 12.2 Å². The Bertz CT molecular complexity index is 704. The summed E-state index contributed by atoms with van der Waals surface area (Å²) >= 11 is 6.32. The lowest BCUT2D eigenvalue weighted by Crippen LogP contribution is -2.22. The van der Waals surface area contributed by atoms with Gasteiger partial charge < -0.3 is 10.2 Å². The number of anilines is 1. The minimum atomic E-state index is -0.113. The van der Waals surface area contributed by atoms with Gasteiger partial charge in [0.2, 0.25) is 0 Å². The zero-order valence-corrected chi connectivity index (χ0v) is 13.8. The molecular formula is C16H16N2OS2. The van der Waals surface area contributed by atoms with Gasteiger partial charge in [0.1, 0.15) is 4.32 Å². The average Bonchev–Trinajstić information content (AvgIpc) is 2.85. The highest BCUT2D eigenvalue weighted by molar-refractivity contribution is 8.26. The van der Waals surface area contributed by atoms with Crippen LogP contribution < -0.4 is 10.2 Å². The average molecular weight is 316 g/mol. The van der Waals surface area contributed by atoms with E-state index in [1.165, 1.54) is 28.7 Å². The van der Waals surface area contributed by atoms with Crippen LogP contribution in [0.25, 0.3) is 0 Å². The van der Waals surface area contributed by atoms with Crippen LogP contribution in [0.5, 0.6) is 0 Å². The van der Waals surface area contributed by atoms with Crippen molar-refractivity contribution in [1.29, 1.82) is 0 Å². The normalized spacial score (nSPS) is 23.9. The molecule has 3 nitrogen and oxygen atoms in total. The van der Waals surface area contributed by atoms with Crippen molar-refractivity contribution in [3.63, 3.8) is 0 Å². The van der Waals surface area contributed by atoms with Crippen LogP contribution in [0.15, 0.2) is 47.0 Å². The summed E-state index contributed by atoms with van der Waals surface area (Å²) in [4.78, 5) is 14.5. The molecule has 2 aliphatic rings. The Morgan fingerprint density at radius 3 is 2.62 bits per heavy atom. The smallest absolute Gasteiger partial charge is 0.263 e. The van der Waals surface area contributed by atoms with E-state index in [0.717, 1.165) is 0 Å². The number of hydrogen-bond acceptors (Lipinski definition) is 4. The molecule has 0 radical (unpaired) electrons. The van der Waals surface area contributed by atoms with Crippen molar-refractivity contribution in [3.8, 4) is 0 Å². The molecule has 0 aliphatic carbocycles. The SMILES string of the molecule is CN1/C(=C\C=C2\SC(=S)NC2=O)C(C)(C)c2ccccc21. The van der Waals surface area contributed by atoms with Crippen LogP contribution in [0.4, 0.5) is 5.69 Å². The molecule has 0 spiro atoms. The number of thioether (sulfide) groups is 1. The van der Waals surface area contributed by atoms with Gasteiger partial charge in [0, 0.05) is 23.8 Å². The van der Waals surface area contributed by atoms with Crippen molar-refractivity contribution < 1.29 is 4.79 Å². The van der Waals surface area contributed by atoms with Gasteiger partial charge in [-0.1, -0.05) is 56.0 Å². The summed E-state index contributed by atoms with van der Waals surface area (Å²) in [5.74, 6) is -0.113. The van der Waals surface area contributed by atoms with Crippen LogP contribution in [-0.4, -0.2) is 17.3 Å². The number of nitrogens with zero attached hydrogens (tertiary/aromatic N) is 1. The lowest BCUT2D eigenvalue weighted by atomic mass is 9.84. The fourth-order valence-corrected chi connectivity index (χ4v) is 3.88. The van der Waals surface area contributed by atoms with Crippen molar-refractivity contribution in [3.05, 3.63) is 52.6 Å². The van der Waals surface area contributed by atoms with Gasteiger partial charge in [0.05, 0.1) is 4.91 Å². The van der Waals surface area contributed by atoms with Gasteiger partial charge in [0.15, 0.2) is 0 Å². The number of carbonyl (C=O) groups excluding carboxylic acids is 1. The summed E-state index contributed by atoms with van der Waals surface area (Å²) in [7, 11) is 2.06. The number of fused-ring (bicyclic) bond motifs is 1. The molecular weight excluding hydrogens is 300 g/mol. The first kappa shape index (κ1) is 14.4. The van der Waals surface area contributed by atoms with E-state index in [2.05, 4.69) is 49.3 Å². The maximum atomic E-state index is 11.7. The number of benzene rings is 1. The minimum absolute atomic E-state index is 0.0807. The predicted molar refractivity (Wildman–Crippen MR) is 92.4 cm³/mol. The summed E-state index contributed by atoms with van der Waals surface area (Å²) in [6.45, 7) is 4.40. The number of allylic oxidation sites excluding steroid dienone is 3. The van der Waals surface area contributed by atoms with E-state index in [-0.39, 0.29) is 11.3 Å². The van der Waals surface area contributed by atoms with Crippen molar-refractivity contribution in [2.24, 2.45) is 0 Å². The molecule has 0 bridgehead atoms. The summed E-state index contributed by atoms with van der Waals surface area (Å²) < 4.78 is 0.520. The van der Waals surface area contributed by atoms with Crippen molar-refractivity contribution in [2.45, 2.75) is 19.3 Å².